The maximum Gasteiger partial charge on any atom is 0.472 e. The molecule has 0 spiro atoms. The fraction of sp³-hybridized carbons (Fsp3) is 0.980. The average Bonchev–Trinajstić information content (AvgIpc) is 3.21. The highest BCUT2D eigenvalue weighted by Gasteiger charge is 2.25. The van der Waals surface area contributed by atoms with Crippen LogP contribution in [0.1, 0.15) is 271 Å². The Hall–Kier alpha value is -0.500. The zero-order valence-electron chi connectivity index (χ0n) is 38.8. The Bertz CT molecular complexity index is 863. The molecule has 0 heterocycles. The van der Waals surface area contributed by atoms with Crippen molar-refractivity contribution in [1.82, 2.24) is 0 Å². The third-order valence-corrected chi connectivity index (χ3v) is 12.5. The lowest BCUT2D eigenvalue weighted by Crippen LogP contribution is -2.28. The van der Waals surface area contributed by atoms with Gasteiger partial charge in [-0.15, -0.1) is 0 Å². The molecule has 3 N–H and O–H groups in total. The largest absolute Gasteiger partial charge is 0.472 e. The summed E-state index contributed by atoms with van der Waals surface area (Å²) in [4.78, 5) is 22.6. The molecule has 0 aliphatic heterocycles. The van der Waals surface area contributed by atoms with Crippen LogP contribution in [0, 0.1) is 0 Å². The number of nitrogens with two attached hydrogens (primary N) is 1. The summed E-state index contributed by atoms with van der Waals surface area (Å²) in [7, 11) is -4.27. The third kappa shape index (κ3) is 46.6. The molecule has 2 unspecified atom stereocenters. The fourth-order valence-corrected chi connectivity index (χ4v) is 8.53. The van der Waals surface area contributed by atoms with E-state index >= 15 is 0 Å². The molecule has 0 saturated carbocycles. The average molecular weight is 846 g/mol. The van der Waals surface area contributed by atoms with Crippen molar-refractivity contribution in [1.29, 1.82) is 0 Å². The van der Waals surface area contributed by atoms with Crippen LogP contribution in [0.5, 0.6) is 0 Å². The molecule has 0 aliphatic rings. The molecular weight excluding hydrogens is 746 g/mol. The number of hydrogen-bond donors (Lipinski definition) is 2. The Morgan fingerprint density at radius 3 is 1.09 bits per heavy atom. The maximum absolute atomic E-state index is 12.6. The molecule has 0 amide bonds. The minimum atomic E-state index is -4.27. The zero-order valence-corrected chi connectivity index (χ0v) is 39.7. The molecule has 0 radical (unpaired) electrons. The Kier molecular flexibility index (Phi) is 47.1. The molecule has 0 aromatic rings. The zero-order chi connectivity index (χ0) is 42.3. The van der Waals surface area contributed by atoms with Crippen molar-refractivity contribution in [2.75, 3.05) is 33.0 Å². The Morgan fingerprint density at radius 1 is 0.448 bits per heavy atom. The van der Waals surface area contributed by atoms with Gasteiger partial charge in [0.15, 0.2) is 0 Å². The van der Waals surface area contributed by atoms with E-state index in [2.05, 4.69) is 13.8 Å². The van der Waals surface area contributed by atoms with E-state index < -0.39 is 13.9 Å². The fourth-order valence-electron chi connectivity index (χ4n) is 7.77. The summed E-state index contributed by atoms with van der Waals surface area (Å²) in [6.07, 6.45) is 51.3. The van der Waals surface area contributed by atoms with E-state index in [1.807, 2.05) is 0 Å². The monoisotopic (exact) mass is 846 g/mol. The molecule has 9 heteroatoms. The SMILES string of the molecule is CCCCCCCCCCCCCCCCCCCCCCCCC(=O)OC(COCCCCCCCCCCCCCCCCCCC)COP(=O)(O)OCCN. The van der Waals surface area contributed by atoms with E-state index in [1.54, 1.807) is 0 Å². The Balaban J connectivity index is 3.87. The van der Waals surface area contributed by atoms with E-state index in [-0.39, 0.29) is 32.3 Å². The van der Waals surface area contributed by atoms with E-state index in [9.17, 15) is 14.3 Å². The van der Waals surface area contributed by atoms with Gasteiger partial charge in [0.2, 0.25) is 0 Å². The van der Waals surface area contributed by atoms with Crippen molar-refractivity contribution in [3.05, 3.63) is 0 Å². The van der Waals surface area contributed by atoms with Gasteiger partial charge >= 0.3 is 13.8 Å². The summed E-state index contributed by atoms with van der Waals surface area (Å²) >= 11 is 0. The lowest BCUT2D eigenvalue weighted by Gasteiger charge is -2.20. The second kappa shape index (κ2) is 47.5. The molecule has 58 heavy (non-hydrogen) atoms. The summed E-state index contributed by atoms with van der Waals surface area (Å²) in [6, 6.07) is 0. The molecule has 2 atom stereocenters. The first-order chi connectivity index (χ1) is 28.4. The molecular formula is C49H100NO7P. The number of phosphoric acid groups is 1. The maximum atomic E-state index is 12.6. The molecule has 0 rings (SSSR count). The van der Waals surface area contributed by atoms with Crippen molar-refractivity contribution < 1.29 is 32.8 Å². The predicted octanol–water partition coefficient (Wildman–Crippen LogP) is 15.7. The van der Waals surface area contributed by atoms with Gasteiger partial charge in [-0.2, -0.15) is 0 Å². The van der Waals surface area contributed by atoms with Crippen molar-refractivity contribution in [3.63, 3.8) is 0 Å². The second-order valence-electron chi connectivity index (χ2n) is 17.4. The number of carbonyl (C=O) groups is 1. The number of esters is 1. The Labute approximate surface area is 361 Å². The van der Waals surface area contributed by atoms with Gasteiger partial charge in [0.25, 0.3) is 0 Å². The van der Waals surface area contributed by atoms with Crippen LogP contribution in [0.15, 0.2) is 0 Å². The minimum Gasteiger partial charge on any atom is -0.457 e. The van der Waals surface area contributed by atoms with Crippen molar-refractivity contribution in [3.8, 4) is 0 Å². The van der Waals surface area contributed by atoms with E-state index in [0.717, 1.165) is 32.1 Å². The molecule has 348 valence electrons. The van der Waals surface area contributed by atoms with Gasteiger partial charge in [0, 0.05) is 19.6 Å². The molecule has 0 bridgehead atoms. The first kappa shape index (κ1) is 57.5. The van der Waals surface area contributed by atoms with Crippen molar-refractivity contribution >= 4 is 13.8 Å². The molecule has 8 nitrogen and oxygen atoms in total. The molecule has 0 saturated heterocycles. The van der Waals surface area contributed by atoms with Gasteiger partial charge in [-0.05, 0) is 12.8 Å². The van der Waals surface area contributed by atoms with Crippen molar-refractivity contribution in [2.24, 2.45) is 5.73 Å². The lowest BCUT2D eigenvalue weighted by atomic mass is 10.0. The molecule has 0 fully saturated rings. The number of rotatable bonds is 50. The van der Waals surface area contributed by atoms with Crippen LogP contribution in [0.4, 0.5) is 0 Å². The van der Waals surface area contributed by atoms with Gasteiger partial charge < -0.3 is 20.1 Å². The quantitative estimate of drug-likeness (QED) is 0.0353. The molecule has 0 aromatic heterocycles. The summed E-state index contributed by atoms with van der Waals surface area (Å²) in [5.74, 6) is -0.321. The number of phosphoric ester groups is 1. The van der Waals surface area contributed by atoms with E-state index in [4.69, 9.17) is 24.3 Å². The first-order valence-corrected chi connectivity index (χ1v) is 27.0. The van der Waals surface area contributed by atoms with Crippen LogP contribution in [-0.2, 0) is 27.9 Å². The number of hydrogen-bond acceptors (Lipinski definition) is 7. The van der Waals surface area contributed by atoms with Gasteiger partial charge in [-0.25, -0.2) is 4.57 Å². The van der Waals surface area contributed by atoms with Crippen LogP contribution in [0.3, 0.4) is 0 Å². The topological polar surface area (TPSA) is 117 Å². The number of carbonyl (C=O) groups excluding carboxylic acids is 1. The smallest absolute Gasteiger partial charge is 0.457 e. The summed E-state index contributed by atoms with van der Waals surface area (Å²) in [5.41, 5.74) is 5.39. The normalized spacial score (nSPS) is 13.2. The lowest BCUT2D eigenvalue weighted by molar-refractivity contribution is -0.154. The van der Waals surface area contributed by atoms with Gasteiger partial charge in [-0.3, -0.25) is 13.8 Å². The number of ether oxygens (including phenoxy) is 2. The summed E-state index contributed by atoms with van der Waals surface area (Å²) in [5, 5.41) is 0. The van der Waals surface area contributed by atoms with Crippen LogP contribution < -0.4 is 5.73 Å². The summed E-state index contributed by atoms with van der Waals surface area (Å²) < 4.78 is 33.6. The van der Waals surface area contributed by atoms with Gasteiger partial charge in [0.1, 0.15) is 6.10 Å². The van der Waals surface area contributed by atoms with Crippen LogP contribution in [0.25, 0.3) is 0 Å². The molecule has 0 aromatic carbocycles. The van der Waals surface area contributed by atoms with Gasteiger partial charge in [0.05, 0.1) is 19.8 Å². The van der Waals surface area contributed by atoms with Crippen LogP contribution in [0.2, 0.25) is 0 Å². The highest BCUT2D eigenvalue weighted by molar-refractivity contribution is 7.47. The second-order valence-corrected chi connectivity index (χ2v) is 18.9. The van der Waals surface area contributed by atoms with E-state index in [0.29, 0.717) is 13.0 Å². The van der Waals surface area contributed by atoms with E-state index in [1.165, 1.54) is 218 Å². The van der Waals surface area contributed by atoms with Crippen LogP contribution >= 0.6 is 7.82 Å². The molecule has 0 aliphatic carbocycles. The predicted molar refractivity (Wildman–Crippen MR) is 248 cm³/mol. The first-order valence-electron chi connectivity index (χ1n) is 25.5. The minimum absolute atomic E-state index is 0.0897. The highest BCUT2D eigenvalue weighted by Crippen LogP contribution is 2.43. The van der Waals surface area contributed by atoms with Gasteiger partial charge in [-0.1, -0.05) is 251 Å². The highest BCUT2D eigenvalue weighted by atomic mass is 31.2. The standard InChI is InChI=1S/C49H100NO7P/c1-3-5-7-9-11-13-15-17-19-21-22-23-24-25-26-28-30-32-34-36-38-40-42-49(51)57-48(47-56-58(52,53)55-45-43-50)46-54-44-41-39-37-35-33-31-29-27-20-18-16-14-12-10-8-6-4-2/h48H,3-47,50H2,1-2H3,(H,52,53). The Morgan fingerprint density at radius 2 is 0.759 bits per heavy atom. The number of unbranched alkanes of at least 4 members (excludes halogenated alkanes) is 37. The third-order valence-electron chi connectivity index (χ3n) is 11.5. The van der Waals surface area contributed by atoms with Crippen LogP contribution in [-0.4, -0.2) is 49.9 Å². The summed E-state index contributed by atoms with van der Waals surface area (Å²) in [6.45, 7) is 5.01. The van der Waals surface area contributed by atoms with Crippen molar-refractivity contribution in [2.45, 2.75) is 277 Å².